The van der Waals surface area contributed by atoms with Gasteiger partial charge in [-0.3, -0.25) is 0 Å². The minimum Gasteiger partial charge on any atom is -0.398 e. The molecule has 1 aromatic carbocycles. The predicted molar refractivity (Wildman–Crippen MR) is 74.5 cm³/mol. The highest BCUT2D eigenvalue weighted by Crippen LogP contribution is 2.28. The summed E-state index contributed by atoms with van der Waals surface area (Å²) in [7, 11) is 0. The molecule has 0 amide bonds. The van der Waals surface area contributed by atoms with Gasteiger partial charge in [-0.25, -0.2) is 0 Å². The van der Waals surface area contributed by atoms with Crippen molar-refractivity contribution in [3.05, 3.63) is 50.7 Å². The first kappa shape index (κ1) is 12.2. The van der Waals surface area contributed by atoms with Gasteiger partial charge >= 0.3 is 0 Å². The first-order valence-electron chi connectivity index (χ1n) is 4.90. The van der Waals surface area contributed by atoms with Gasteiger partial charge in [-0.1, -0.05) is 0 Å². The van der Waals surface area contributed by atoms with Gasteiger partial charge in [0.25, 0.3) is 0 Å². The number of hydrogen-bond acceptors (Lipinski definition) is 2. The summed E-state index contributed by atoms with van der Waals surface area (Å²) in [6.45, 7) is 0.591. The summed E-state index contributed by atoms with van der Waals surface area (Å²) in [6.07, 6.45) is 1.87. The van der Waals surface area contributed by atoms with Crippen LogP contribution in [0.3, 0.4) is 0 Å². The average molecular weight is 355 g/mol. The summed E-state index contributed by atoms with van der Waals surface area (Å²) in [5.74, 6) is 0. The summed E-state index contributed by atoms with van der Waals surface area (Å²) >= 11 is 6.84. The van der Waals surface area contributed by atoms with Crippen LogP contribution in [0.1, 0.15) is 11.3 Å². The first-order chi connectivity index (χ1) is 8.11. The Bertz CT molecular complexity index is 596. The molecule has 2 rings (SSSR count). The molecule has 3 nitrogen and oxygen atoms in total. The van der Waals surface area contributed by atoms with Crippen molar-refractivity contribution in [1.82, 2.24) is 4.57 Å². The van der Waals surface area contributed by atoms with Gasteiger partial charge in [-0.05, 0) is 61.7 Å². The number of nitrogens with zero attached hydrogens (tertiary/aromatic N) is 2. The molecule has 1 aromatic heterocycles. The second-order valence-electron chi connectivity index (χ2n) is 3.60. The average Bonchev–Trinajstić information content (AvgIpc) is 2.73. The summed E-state index contributed by atoms with van der Waals surface area (Å²) in [4.78, 5) is 0. The van der Waals surface area contributed by atoms with E-state index >= 15 is 0 Å². The van der Waals surface area contributed by atoms with Crippen LogP contribution in [0.25, 0.3) is 0 Å². The van der Waals surface area contributed by atoms with Crippen molar-refractivity contribution in [2.45, 2.75) is 6.54 Å². The molecule has 0 saturated heterocycles. The summed E-state index contributed by atoms with van der Waals surface area (Å²) in [6, 6.07) is 9.59. The second-order valence-corrected chi connectivity index (χ2v) is 5.31. The normalized spacial score (nSPS) is 10.2. The van der Waals surface area contributed by atoms with Crippen molar-refractivity contribution in [3.8, 4) is 6.07 Å². The molecule has 0 radical (unpaired) electrons. The van der Waals surface area contributed by atoms with Crippen molar-refractivity contribution < 1.29 is 0 Å². The highest BCUT2D eigenvalue weighted by Gasteiger charge is 2.07. The fraction of sp³-hybridized carbons (Fsp3) is 0.0833. The summed E-state index contributed by atoms with van der Waals surface area (Å²) < 4.78 is 3.74. The van der Waals surface area contributed by atoms with Gasteiger partial charge in [-0.2, -0.15) is 5.26 Å². The fourth-order valence-corrected chi connectivity index (χ4v) is 2.33. The molecule has 2 aromatic rings. The van der Waals surface area contributed by atoms with Gasteiger partial charge in [0.05, 0.1) is 6.54 Å². The van der Waals surface area contributed by atoms with E-state index in [-0.39, 0.29) is 0 Å². The maximum atomic E-state index is 8.93. The van der Waals surface area contributed by atoms with Crippen molar-refractivity contribution in [3.63, 3.8) is 0 Å². The Labute approximate surface area is 116 Å². The highest BCUT2D eigenvalue weighted by molar-refractivity contribution is 9.13. The standard InChI is InChI=1S/C12H9Br2N3/c13-10-4-8(12(16)5-11(10)14)7-17-3-1-2-9(17)6-15/h1-5H,7,16H2. The molecular formula is C12H9Br2N3. The Morgan fingerprint density at radius 3 is 2.71 bits per heavy atom. The van der Waals surface area contributed by atoms with Gasteiger partial charge < -0.3 is 10.3 Å². The van der Waals surface area contributed by atoms with Crippen LogP contribution < -0.4 is 5.73 Å². The molecule has 0 spiro atoms. The van der Waals surface area contributed by atoms with Crippen LogP contribution >= 0.6 is 31.9 Å². The quantitative estimate of drug-likeness (QED) is 0.839. The number of halogens is 2. The van der Waals surface area contributed by atoms with Gasteiger partial charge in [0, 0.05) is 20.8 Å². The Kier molecular flexibility index (Phi) is 3.55. The molecule has 0 aliphatic heterocycles. The van der Waals surface area contributed by atoms with E-state index < -0.39 is 0 Å². The largest absolute Gasteiger partial charge is 0.398 e. The van der Waals surface area contributed by atoms with Crippen molar-refractivity contribution >= 4 is 37.5 Å². The van der Waals surface area contributed by atoms with Crippen LogP contribution in [0.4, 0.5) is 5.69 Å². The van der Waals surface area contributed by atoms with Crippen LogP contribution in [0.15, 0.2) is 39.4 Å². The lowest BCUT2D eigenvalue weighted by Crippen LogP contribution is -2.04. The maximum absolute atomic E-state index is 8.93. The smallest absolute Gasteiger partial charge is 0.120 e. The fourth-order valence-electron chi connectivity index (χ4n) is 1.58. The number of benzene rings is 1. The van der Waals surface area contributed by atoms with Crippen molar-refractivity contribution in [2.75, 3.05) is 5.73 Å². The zero-order valence-electron chi connectivity index (χ0n) is 8.82. The molecule has 17 heavy (non-hydrogen) atoms. The second kappa shape index (κ2) is 4.94. The number of hydrogen-bond donors (Lipinski definition) is 1. The molecule has 1 heterocycles. The lowest BCUT2D eigenvalue weighted by Gasteiger charge is -2.10. The predicted octanol–water partition coefficient (Wildman–Crippen LogP) is 3.52. The van der Waals surface area contributed by atoms with Crippen LogP contribution in [-0.4, -0.2) is 4.57 Å². The van der Waals surface area contributed by atoms with Gasteiger partial charge in [-0.15, -0.1) is 0 Å². The number of nitriles is 1. The van der Waals surface area contributed by atoms with E-state index in [1.54, 1.807) is 6.07 Å². The molecule has 0 aliphatic rings. The molecule has 86 valence electrons. The lowest BCUT2D eigenvalue weighted by atomic mass is 10.2. The highest BCUT2D eigenvalue weighted by atomic mass is 79.9. The van der Waals surface area contributed by atoms with Gasteiger partial charge in [0.2, 0.25) is 0 Å². The molecule has 0 aliphatic carbocycles. The van der Waals surface area contributed by atoms with E-state index in [1.165, 1.54) is 0 Å². The molecule has 0 saturated carbocycles. The topological polar surface area (TPSA) is 54.7 Å². The van der Waals surface area contributed by atoms with Crippen LogP contribution in [-0.2, 0) is 6.54 Å². The first-order valence-corrected chi connectivity index (χ1v) is 6.49. The monoisotopic (exact) mass is 353 g/mol. The van der Waals surface area contributed by atoms with Crippen LogP contribution in [0, 0.1) is 11.3 Å². The van der Waals surface area contributed by atoms with E-state index in [0.717, 1.165) is 14.5 Å². The third-order valence-corrected chi connectivity index (χ3v) is 4.31. The minimum absolute atomic E-state index is 0.591. The van der Waals surface area contributed by atoms with Crippen LogP contribution in [0.2, 0.25) is 0 Å². The minimum atomic E-state index is 0.591. The number of anilines is 1. The zero-order valence-corrected chi connectivity index (χ0v) is 12.0. The molecule has 2 N–H and O–H groups in total. The third-order valence-electron chi connectivity index (χ3n) is 2.47. The lowest BCUT2D eigenvalue weighted by molar-refractivity contribution is 0.795. The van der Waals surface area contributed by atoms with Crippen molar-refractivity contribution in [1.29, 1.82) is 5.26 Å². The SMILES string of the molecule is N#Cc1cccn1Cc1cc(Br)c(Br)cc1N. The summed E-state index contributed by atoms with van der Waals surface area (Å²) in [5, 5.41) is 8.93. The Balaban J connectivity index is 2.37. The van der Waals surface area contributed by atoms with E-state index in [4.69, 9.17) is 11.0 Å². The summed E-state index contributed by atoms with van der Waals surface area (Å²) in [5.41, 5.74) is 8.27. The zero-order chi connectivity index (χ0) is 12.4. The van der Waals surface area contributed by atoms with Gasteiger partial charge in [0.15, 0.2) is 0 Å². The van der Waals surface area contributed by atoms with Crippen LogP contribution in [0.5, 0.6) is 0 Å². The molecule has 0 fully saturated rings. The molecule has 0 atom stereocenters. The Morgan fingerprint density at radius 2 is 2.00 bits per heavy atom. The molecule has 0 bridgehead atoms. The number of nitrogen functional groups attached to an aromatic ring is 1. The molecular weight excluding hydrogens is 346 g/mol. The maximum Gasteiger partial charge on any atom is 0.120 e. The Morgan fingerprint density at radius 1 is 1.29 bits per heavy atom. The molecule has 5 heteroatoms. The third kappa shape index (κ3) is 2.54. The van der Waals surface area contributed by atoms with E-state index in [9.17, 15) is 0 Å². The number of aromatic nitrogens is 1. The number of rotatable bonds is 2. The Hall–Kier alpha value is -1.25. The molecule has 0 unspecified atom stereocenters. The van der Waals surface area contributed by atoms with E-state index in [0.29, 0.717) is 17.9 Å². The van der Waals surface area contributed by atoms with E-state index in [2.05, 4.69) is 37.9 Å². The van der Waals surface area contributed by atoms with Gasteiger partial charge in [0.1, 0.15) is 11.8 Å². The van der Waals surface area contributed by atoms with Crippen molar-refractivity contribution in [2.24, 2.45) is 0 Å². The van der Waals surface area contributed by atoms with E-state index in [1.807, 2.05) is 29.0 Å². The number of nitrogens with two attached hydrogens (primary N) is 1.